The van der Waals surface area contributed by atoms with Gasteiger partial charge in [0.25, 0.3) is 5.91 Å². The van der Waals surface area contributed by atoms with Crippen LogP contribution < -0.4 is 0 Å². The molecule has 1 aromatic carbocycles. The van der Waals surface area contributed by atoms with Gasteiger partial charge in [-0.2, -0.15) is 0 Å². The van der Waals surface area contributed by atoms with Crippen LogP contribution in [0.4, 0.5) is 0 Å². The van der Waals surface area contributed by atoms with Crippen molar-refractivity contribution in [3.63, 3.8) is 0 Å². The van der Waals surface area contributed by atoms with Crippen molar-refractivity contribution in [1.29, 1.82) is 0 Å². The predicted octanol–water partition coefficient (Wildman–Crippen LogP) is 3.18. The molecule has 1 atom stereocenters. The summed E-state index contributed by atoms with van der Waals surface area (Å²) in [5.74, 6) is -0.857. The second-order valence-corrected chi connectivity index (χ2v) is 6.43. The third-order valence-corrected chi connectivity index (χ3v) is 4.78. The number of amides is 1. The van der Waals surface area contributed by atoms with Crippen molar-refractivity contribution in [3.05, 3.63) is 59.7 Å². The normalized spacial score (nSPS) is 15.2. The number of carboxylic acid groups (broad SMARTS) is 1. The molecule has 0 radical (unpaired) electrons. The molecule has 1 heterocycles. The SMILES string of the molecule is CC(c1ccccc1)N(CC1CCC1)C(=O)c1cnc(C(=O)O)cn1. The zero-order valence-electron chi connectivity index (χ0n) is 14.1. The second kappa shape index (κ2) is 7.42. The molecule has 6 heteroatoms. The molecular formula is C19H21N3O3. The van der Waals surface area contributed by atoms with Crippen molar-refractivity contribution in [2.45, 2.75) is 32.2 Å². The lowest BCUT2D eigenvalue weighted by Crippen LogP contribution is -2.39. The smallest absolute Gasteiger partial charge is 0.356 e. The number of nitrogens with zero attached hydrogens (tertiary/aromatic N) is 3. The fourth-order valence-electron chi connectivity index (χ4n) is 2.98. The van der Waals surface area contributed by atoms with Crippen LogP contribution in [0.1, 0.15) is 58.8 Å². The second-order valence-electron chi connectivity index (χ2n) is 6.43. The van der Waals surface area contributed by atoms with E-state index in [4.69, 9.17) is 5.11 Å². The van der Waals surface area contributed by atoms with Gasteiger partial charge in [-0.25, -0.2) is 14.8 Å². The molecule has 1 aliphatic rings. The minimum absolute atomic E-state index is 0.0877. The van der Waals surface area contributed by atoms with Gasteiger partial charge in [-0.1, -0.05) is 36.8 Å². The van der Waals surface area contributed by atoms with Crippen molar-refractivity contribution in [3.8, 4) is 0 Å². The standard InChI is InChI=1S/C19H21N3O3/c1-13(15-8-3-2-4-9-15)22(12-14-6-5-7-14)18(23)16-10-21-17(11-20-16)19(24)25/h2-4,8-11,13-14H,5-7,12H2,1H3,(H,24,25). The first-order valence-electron chi connectivity index (χ1n) is 8.47. The molecule has 0 saturated heterocycles. The molecule has 1 aliphatic carbocycles. The minimum atomic E-state index is -1.16. The topological polar surface area (TPSA) is 83.4 Å². The highest BCUT2D eigenvalue weighted by molar-refractivity contribution is 5.93. The maximum atomic E-state index is 13.0. The average Bonchev–Trinajstić information content (AvgIpc) is 2.61. The van der Waals surface area contributed by atoms with Gasteiger partial charge in [0.1, 0.15) is 5.69 Å². The van der Waals surface area contributed by atoms with E-state index >= 15 is 0 Å². The van der Waals surface area contributed by atoms with E-state index in [-0.39, 0.29) is 23.3 Å². The lowest BCUT2D eigenvalue weighted by molar-refractivity contribution is 0.0603. The Labute approximate surface area is 146 Å². The first kappa shape index (κ1) is 17.1. The number of carboxylic acids is 1. The molecule has 0 aliphatic heterocycles. The minimum Gasteiger partial charge on any atom is -0.476 e. The van der Waals surface area contributed by atoms with Gasteiger partial charge >= 0.3 is 5.97 Å². The fourth-order valence-corrected chi connectivity index (χ4v) is 2.98. The molecule has 1 fully saturated rings. The first-order chi connectivity index (χ1) is 12.1. The molecule has 1 saturated carbocycles. The number of carbonyl (C=O) groups is 2. The summed E-state index contributed by atoms with van der Waals surface area (Å²) in [7, 11) is 0. The molecule has 130 valence electrons. The average molecular weight is 339 g/mol. The van der Waals surface area contributed by atoms with E-state index < -0.39 is 5.97 Å². The molecular weight excluding hydrogens is 318 g/mol. The Kier molecular flexibility index (Phi) is 5.07. The number of rotatable bonds is 6. The molecule has 0 bridgehead atoms. The summed E-state index contributed by atoms with van der Waals surface area (Å²) in [6.45, 7) is 2.68. The lowest BCUT2D eigenvalue weighted by Gasteiger charge is -2.36. The third kappa shape index (κ3) is 3.84. The predicted molar refractivity (Wildman–Crippen MR) is 92.2 cm³/mol. The highest BCUT2D eigenvalue weighted by atomic mass is 16.4. The summed E-state index contributed by atoms with van der Waals surface area (Å²) in [6, 6.07) is 9.79. The van der Waals surface area contributed by atoms with Crippen LogP contribution in [0.25, 0.3) is 0 Å². The largest absolute Gasteiger partial charge is 0.476 e. The van der Waals surface area contributed by atoms with Crippen LogP contribution in [0, 0.1) is 5.92 Å². The summed E-state index contributed by atoms with van der Waals surface area (Å²) in [6.07, 6.45) is 5.85. The number of aromatic nitrogens is 2. The van der Waals surface area contributed by atoms with Gasteiger partial charge < -0.3 is 10.0 Å². The molecule has 0 spiro atoms. The first-order valence-corrected chi connectivity index (χ1v) is 8.47. The number of benzene rings is 1. The van der Waals surface area contributed by atoms with E-state index in [1.165, 1.54) is 12.6 Å². The molecule has 25 heavy (non-hydrogen) atoms. The summed E-state index contributed by atoms with van der Waals surface area (Å²) < 4.78 is 0. The Morgan fingerprint density at radius 3 is 2.32 bits per heavy atom. The van der Waals surface area contributed by atoms with E-state index in [2.05, 4.69) is 9.97 Å². The third-order valence-electron chi connectivity index (χ3n) is 4.78. The van der Waals surface area contributed by atoms with Crippen molar-refractivity contribution in [2.24, 2.45) is 5.92 Å². The van der Waals surface area contributed by atoms with Gasteiger partial charge in [-0.3, -0.25) is 4.79 Å². The molecule has 3 rings (SSSR count). The van der Waals surface area contributed by atoms with Gasteiger partial charge in [0, 0.05) is 6.54 Å². The van der Waals surface area contributed by atoms with Crippen molar-refractivity contribution in [1.82, 2.24) is 14.9 Å². The monoisotopic (exact) mass is 339 g/mol. The van der Waals surface area contributed by atoms with Crippen LogP contribution in [0.15, 0.2) is 42.7 Å². The summed E-state index contributed by atoms with van der Waals surface area (Å²) in [5.41, 5.74) is 1.07. The highest BCUT2D eigenvalue weighted by Crippen LogP contribution is 2.31. The highest BCUT2D eigenvalue weighted by Gasteiger charge is 2.29. The molecule has 1 aromatic heterocycles. The van der Waals surface area contributed by atoms with Crippen LogP contribution in [0.3, 0.4) is 0 Å². The Hall–Kier alpha value is -2.76. The van der Waals surface area contributed by atoms with Gasteiger partial charge in [0.15, 0.2) is 5.69 Å². The molecule has 1 N–H and O–H groups in total. The number of carbonyl (C=O) groups excluding carboxylic acids is 1. The zero-order chi connectivity index (χ0) is 17.8. The number of hydrogen-bond donors (Lipinski definition) is 1. The Balaban J connectivity index is 1.84. The van der Waals surface area contributed by atoms with E-state index in [1.54, 1.807) is 0 Å². The fraction of sp³-hybridized carbons (Fsp3) is 0.368. The summed E-state index contributed by atoms with van der Waals surface area (Å²) in [5, 5.41) is 8.92. The van der Waals surface area contributed by atoms with Crippen molar-refractivity contribution >= 4 is 11.9 Å². The van der Waals surface area contributed by atoms with Gasteiger partial charge in [0.05, 0.1) is 18.4 Å². The Bertz CT molecular complexity index is 742. The molecule has 2 aromatic rings. The molecule has 1 unspecified atom stereocenters. The van der Waals surface area contributed by atoms with Gasteiger partial charge in [0.2, 0.25) is 0 Å². The molecule has 1 amide bonds. The van der Waals surface area contributed by atoms with Crippen LogP contribution >= 0.6 is 0 Å². The quantitative estimate of drug-likeness (QED) is 0.874. The molecule has 6 nitrogen and oxygen atoms in total. The maximum Gasteiger partial charge on any atom is 0.356 e. The van der Waals surface area contributed by atoms with E-state index in [1.807, 2.05) is 42.2 Å². The Morgan fingerprint density at radius 1 is 1.16 bits per heavy atom. The van der Waals surface area contributed by atoms with E-state index in [0.717, 1.165) is 24.6 Å². The van der Waals surface area contributed by atoms with Gasteiger partial charge in [-0.05, 0) is 31.2 Å². The lowest BCUT2D eigenvalue weighted by atomic mass is 9.84. The van der Waals surface area contributed by atoms with Crippen molar-refractivity contribution in [2.75, 3.05) is 6.54 Å². The number of aromatic carboxylic acids is 1. The number of hydrogen-bond acceptors (Lipinski definition) is 4. The van der Waals surface area contributed by atoms with E-state index in [0.29, 0.717) is 12.5 Å². The van der Waals surface area contributed by atoms with Crippen molar-refractivity contribution < 1.29 is 14.7 Å². The van der Waals surface area contributed by atoms with Crippen LogP contribution in [0.2, 0.25) is 0 Å². The zero-order valence-corrected chi connectivity index (χ0v) is 14.1. The Morgan fingerprint density at radius 2 is 1.80 bits per heavy atom. The maximum absolute atomic E-state index is 13.0. The van der Waals surface area contributed by atoms with Crippen LogP contribution in [-0.2, 0) is 0 Å². The van der Waals surface area contributed by atoms with E-state index in [9.17, 15) is 9.59 Å². The van der Waals surface area contributed by atoms with Crippen LogP contribution in [0.5, 0.6) is 0 Å². The summed E-state index contributed by atoms with van der Waals surface area (Å²) >= 11 is 0. The van der Waals surface area contributed by atoms with Crippen LogP contribution in [-0.4, -0.2) is 38.4 Å². The van der Waals surface area contributed by atoms with Gasteiger partial charge in [-0.15, -0.1) is 0 Å². The summed E-state index contributed by atoms with van der Waals surface area (Å²) in [4.78, 5) is 33.5.